The molecule has 7 nitrogen and oxygen atoms in total. The molecule has 1 aromatic rings. The smallest absolute Gasteiger partial charge is 0.246 e. The molecule has 0 unspecified atom stereocenters. The lowest BCUT2D eigenvalue weighted by Crippen LogP contribution is -2.50. The van der Waals surface area contributed by atoms with E-state index in [1.165, 1.54) is 22.5 Å². The van der Waals surface area contributed by atoms with Gasteiger partial charge in [0.05, 0.1) is 4.90 Å². The summed E-state index contributed by atoms with van der Waals surface area (Å²) < 4.78 is 37.7. The minimum absolute atomic E-state index is 0.172. The summed E-state index contributed by atoms with van der Waals surface area (Å²) in [6.07, 6.45) is 1.24. The van der Waals surface area contributed by atoms with E-state index in [2.05, 4.69) is 6.58 Å². The molecule has 3 rings (SSSR count). The van der Waals surface area contributed by atoms with Crippen LogP contribution in [0.5, 0.6) is 11.5 Å². The molecule has 0 aromatic heterocycles. The molecule has 2 heterocycles. The van der Waals surface area contributed by atoms with E-state index in [9.17, 15) is 13.2 Å². The van der Waals surface area contributed by atoms with Crippen molar-refractivity contribution in [3.8, 4) is 11.5 Å². The highest BCUT2D eigenvalue weighted by Gasteiger charge is 2.30. The number of carbonyl (C=O) groups excluding carboxylic acids is 1. The maximum Gasteiger partial charge on any atom is 0.246 e. The predicted octanol–water partition coefficient (Wildman–Crippen LogP) is 0.477. The van der Waals surface area contributed by atoms with E-state index >= 15 is 0 Å². The van der Waals surface area contributed by atoms with Gasteiger partial charge in [0.25, 0.3) is 0 Å². The van der Waals surface area contributed by atoms with Gasteiger partial charge in [0, 0.05) is 32.2 Å². The largest absolute Gasteiger partial charge is 0.486 e. The number of hydrogen-bond acceptors (Lipinski definition) is 5. The number of nitrogens with zero attached hydrogens (tertiary/aromatic N) is 2. The molecular formula is C15H18N2O5S. The molecule has 1 aromatic carbocycles. The Morgan fingerprint density at radius 2 is 1.74 bits per heavy atom. The number of sulfonamides is 1. The summed E-state index contributed by atoms with van der Waals surface area (Å²) in [6, 6.07) is 4.62. The normalized spacial score (nSPS) is 18.5. The average Bonchev–Trinajstić information content (AvgIpc) is 2.60. The SMILES string of the molecule is C=CC(=O)N1CCN(S(=O)(=O)c2ccc3c(c2)OCCO3)CC1. The van der Waals surface area contributed by atoms with Crippen LogP contribution in [0.3, 0.4) is 0 Å². The van der Waals surface area contributed by atoms with E-state index in [1.54, 1.807) is 11.0 Å². The summed E-state index contributed by atoms with van der Waals surface area (Å²) in [5, 5.41) is 0. The fourth-order valence-electron chi connectivity index (χ4n) is 2.61. The first kappa shape index (κ1) is 15.8. The van der Waals surface area contributed by atoms with Crippen molar-refractivity contribution in [2.45, 2.75) is 4.90 Å². The molecule has 1 saturated heterocycles. The molecule has 0 saturated carbocycles. The number of fused-ring (bicyclic) bond motifs is 1. The third-order valence-corrected chi connectivity index (χ3v) is 5.77. The lowest BCUT2D eigenvalue weighted by molar-refractivity contribution is -0.127. The second kappa shape index (κ2) is 6.21. The van der Waals surface area contributed by atoms with Crippen molar-refractivity contribution in [3.63, 3.8) is 0 Å². The number of amides is 1. The minimum atomic E-state index is -3.62. The first-order valence-electron chi connectivity index (χ1n) is 7.33. The number of piperazine rings is 1. The van der Waals surface area contributed by atoms with Crippen LogP contribution in [0.2, 0.25) is 0 Å². The van der Waals surface area contributed by atoms with Gasteiger partial charge in [-0.25, -0.2) is 8.42 Å². The molecule has 124 valence electrons. The van der Waals surface area contributed by atoms with Gasteiger partial charge in [-0.1, -0.05) is 6.58 Å². The Balaban J connectivity index is 1.77. The van der Waals surface area contributed by atoms with Crippen molar-refractivity contribution >= 4 is 15.9 Å². The van der Waals surface area contributed by atoms with Crippen LogP contribution in [0.15, 0.2) is 35.7 Å². The summed E-state index contributed by atoms with van der Waals surface area (Å²) in [5.74, 6) is 0.816. The van der Waals surface area contributed by atoms with Crippen LogP contribution in [0, 0.1) is 0 Å². The molecule has 1 fully saturated rings. The summed E-state index contributed by atoms with van der Waals surface area (Å²) in [5.41, 5.74) is 0. The van der Waals surface area contributed by atoms with Gasteiger partial charge in [0.15, 0.2) is 11.5 Å². The van der Waals surface area contributed by atoms with Crippen LogP contribution < -0.4 is 9.47 Å². The highest BCUT2D eigenvalue weighted by Crippen LogP contribution is 2.33. The standard InChI is InChI=1S/C15H18N2O5S/c1-2-15(18)16-5-7-17(8-6-16)23(19,20)12-3-4-13-14(11-12)22-10-9-21-13/h2-4,11H,1,5-10H2. The Hall–Kier alpha value is -2.06. The molecule has 0 atom stereocenters. The lowest BCUT2D eigenvalue weighted by Gasteiger charge is -2.33. The van der Waals surface area contributed by atoms with Gasteiger partial charge in [-0.3, -0.25) is 4.79 Å². The fraction of sp³-hybridized carbons (Fsp3) is 0.400. The van der Waals surface area contributed by atoms with Crippen molar-refractivity contribution in [1.82, 2.24) is 9.21 Å². The molecule has 0 bridgehead atoms. The molecular weight excluding hydrogens is 320 g/mol. The van der Waals surface area contributed by atoms with E-state index in [0.29, 0.717) is 37.8 Å². The Kier molecular flexibility index (Phi) is 4.27. The summed E-state index contributed by atoms with van der Waals surface area (Å²) in [6.45, 7) is 5.53. The first-order chi connectivity index (χ1) is 11.0. The fourth-order valence-corrected chi connectivity index (χ4v) is 4.05. The quantitative estimate of drug-likeness (QED) is 0.749. The summed E-state index contributed by atoms with van der Waals surface area (Å²) in [4.78, 5) is 13.3. The highest BCUT2D eigenvalue weighted by molar-refractivity contribution is 7.89. The van der Waals surface area contributed by atoms with Crippen LogP contribution in [0.1, 0.15) is 0 Å². The van der Waals surface area contributed by atoms with Gasteiger partial charge in [-0.2, -0.15) is 4.31 Å². The highest BCUT2D eigenvalue weighted by atomic mass is 32.2. The van der Waals surface area contributed by atoms with Crippen LogP contribution in [-0.2, 0) is 14.8 Å². The second-order valence-corrected chi connectivity index (χ2v) is 7.18. The van der Waals surface area contributed by atoms with Crippen LogP contribution in [0.25, 0.3) is 0 Å². The van der Waals surface area contributed by atoms with Crippen molar-refractivity contribution in [2.75, 3.05) is 39.4 Å². The Labute approximate surface area is 135 Å². The van der Waals surface area contributed by atoms with Crippen LogP contribution in [-0.4, -0.2) is 62.9 Å². The van der Waals surface area contributed by atoms with Crippen LogP contribution in [0.4, 0.5) is 0 Å². The third-order valence-electron chi connectivity index (χ3n) is 3.88. The molecule has 0 radical (unpaired) electrons. The topological polar surface area (TPSA) is 76.2 Å². The zero-order chi connectivity index (χ0) is 16.4. The van der Waals surface area contributed by atoms with Gasteiger partial charge in [0.1, 0.15) is 13.2 Å². The van der Waals surface area contributed by atoms with E-state index in [-0.39, 0.29) is 23.9 Å². The van der Waals surface area contributed by atoms with Crippen molar-refractivity contribution in [2.24, 2.45) is 0 Å². The molecule has 0 spiro atoms. The van der Waals surface area contributed by atoms with Gasteiger partial charge in [-0.05, 0) is 18.2 Å². The summed E-state index contributed by atoms with van der Waals surface area (Å²) in [7, 11) is -3.62. The van der Waals surface area contributed by atoms with E-state index in [0.717, 1.165) is 0 Å². The zero-order valence-electron chi connectivity index (χ0n) is 12.6. The molecule has 0 N–H and O–H groups in total. The number of benzene rings is 1. The molecule has 2 aliphatic heterocycles. The monoisotopic (exact) mass is 338 g/mol. The number of rotatable bonds is 3. The number of ether oxygens (including phenoxy) is 2. The van der Waals surface area contributed by atoms with Gasteiger partial charge < -0.3 is 14.4 Å². The Morgan fingerprint density at radius 1 is 1.09 bits per heavy atom. The maximum absolute atomic E-state index is 12.7. The maximum atomic E-state index is 12.7. The average molecular weight is 338 g/mol. The Morgan fingerprint density at radius 3 is 2.39 bits per heavy atom. The van der Waals surface area contributed by atoms with E-state index in [1.807, 2.05) is 0 Å². The van der Waals surface area contributed by atoms with Crippen molar-refractivity contribution in [3.05, 3.63) is 30.9 Å². The first-order valence-corrected chi connectivity index (χ1v) is 8.77. The van der Waals surface area contributed by atoms with Gasteiger partial charge >= 0.3 is 0 Å². The zero-order valence-corrected chi connectivity index (χ0v) is 13.4. The Bertz CT molecular complexity index is 723. The number of hydrogen-bond donors (Lipinski definition) is 0. The molecule has 8 heteroatoms. The van der Waals surface area contributed by atoms with Crippen molar-refractivity contribution in [1.29, 1.82) is 0 Å². The third kappa shape index (κ3) is 3.04. The molecule has 23 heavy (non-hydrogen) atoms. The van der Waals surface area contributed by atoms with Gasteiger partial charge in [0.2, 0.25) is 15.9 Å². The number of carbonyl (C=O) groups is 1. The molecule has 0 aliphatic carbocycles. The van der Waals surface area contributed by atoms with Gasteiger partial charge in [-0.15, -0.1) is 0 Å². The second-order valence-electron chi connectivity index (χ2n) is 5.24. The predicted molar refractivity (Wildman–Crippen MR) is 83.0 cm³/mol. The van der Waals surface area contributed by atoms with Crippen molar-refractivity contribution < 1.29 is 22.7 Å². The van der Waals surface area contributed by atoms with E-state index < -0.39 is 10.0 Å². The summed E-state index contributed by atoms with van der Waals surface area (Å²) >= 11 is 0. The van der Waals surface area contributed by atoms with Crippen LogP contribution >= 0.6 is 0 Å². The molecule has 1 amide bonds. The lowest BCUT2D eigenvalue weighted by atomic mass is 10.3. The van der Waals surface area contributed by atoms with E-state index in [4.69, 9.17) is 9.47 Å². The molecule has 2 aliphatic rings. The minimum Gasteiger partial charge on any atom is -0.486 e.